The topological polar surface area (TPSA) is 63.5 Å². The Morgan fingerprint density at radius 3 is 2.96 bits per heavy atom. The maximum Gasteiger partial charge on any atom is 0.279 e. The van der Waals surface area contributed by atoms with Crippen molar-refractivity contribution in [3.63, 3.8) is 0 Å². The summed E-state index contributed by atoms with van der Waals surface area (Å²) in [4.78, 5) is 30.1. The predicted molar refractivity (Wildman–Crippen MR) is 108 cm³/mol. The van der Waals surface area contributed by atoms with E-state index in [1.54, 1.807) is 58.2 Å². The molecule has 1 aromatic heterocycles. The van der Waals surface area contributed by atoms with Crippen LogP contribution in [0.1, 0.15) is 22.3 Å². The second kappa shape index (κ2) is 8.12. The van der Waals surface area contributed by atoms with Crippen LogP contribution in [-0.2, 0) is 11.3 Å². The molecule has 2 heterocycles. The van der Waals surface area contributed by atoms with Crippen LogP contribution in [0.25, 0.3) is 0 Å². The molecule has 2 amide bonds. The van der Waals surface area contributed by atoms with Crippen molar-refractivity contribution >= 4 is 40.6 Å². The zero-order valence-corrected chi connectivity index (χ0v) is 16.4. The van der Waals surface area contributed by atoms with E-state index in [4.69, 9.17) is 0 Å². The number of anilines is 1. The van der Waals surface area contributed by atoms with Crippen LogP contribution in [0.2, 0.25) is 0 Å². The minimum atomic E-state index is -0.406. The lowest BCUT2D eigenvalue weighted by Gasteiger charge is -2.07. The number of nitrogens with one attached hydrogen (secondary N) is 1. The third-order valence-electron chi connectivity index (χ3n) is 4.24. The number of benzene rings is 2. The number of hydrogen-bond donors (Lipinski definition) is 1. The zero-order valence-electron chi connectivity index (χ0n) is 14.7. The van der Waals surface area contributed by atoms with E-state index in [0.29, 0.717) is 40.3 Å². The number of carbonyl (C=O) groups is 2. The molecule has 0 aliphatic carbocycles. The van der Waals surface area contributed by atoms with Gasteiger partial charge in [-0.05, 0) is 24.3 Å². The highest BCUT2D eigenvalue weighted by molar-refractivity contribution is 7.99. The number of thiazole rings is 1. The van der Waals surface area contributed by atoms with Crippen molar-refractivity contribution in [2.45, 2.75) is 17.9 Å². The zero-order chi connectivity index (χ0) is 19.5. The Hall–Kier alpha value is -2.71. The van der Waals surface area contributed by atoms with Crippen molar-refractivity contribution in [1.29, 1.82) is 0 Å². The molecule has 3 aromatic rings. The summed E-state index contributed by atoms with van der Waals surface area (Å²) >= 11 is 2.89. The maximum absolute atomic E-state index is 13.9. The molecule has 0 spiro atoms. The molecule has 0 atom stereocenters. The summed E-state index contributed by atoms with van der Waals surface area (Å²) in [5.74, 6) is -0.0517. The van der Waals surface area contributed by atoms with Crippen LogP contribution in [-0.4, -0.2) is 22.1 Å². The van der Waals surface area contributed by atoms with Gasteiger partial charge in [-0.15, -0.1) is 23.1 Å². The van der Waals surface area contributed by atoms with Gasteiger partial charge in [0.05, 0.1) is 12.2 Å². The Labute approximate surface area is 168 Å². The van der Waals surface area contributed by atoms with Crippen molar-refractivity contribution in [3.8, 4) is 0 Å². The fourth-order valence-corrected chi connectivity index (χ4v) is 4.48. The number of hydrogen-bond acceptors (Lipinski definition) is 4. The third kappa shape index (κ3) is 4.07. The van der Waals surface area contributed by atoms with Gasteiger partial charge in [-0.25, -0.2) is 4.39 Å². The van der Waals surface area contributed by atoms with Gasteiger partial charge in [0.1, 0.15) is 5.82 Å². The summed E-state index contributed by atoms with van der Waals surface area (Å²) < 4.78 is 15.7. The Bertz CT molecular complexity index is 1120. The lowest BCUT2D eigenvalue weighted by atomic mass is 10.2. The average molecular weight is 413 g/mol. The van der Waals surface area contributed by atoms with Gasteiger partial charge < -0.3 is 9.88 Å². The molecule has 5 nitrogen and oxygen atoms in total. The van der Waals surface area contributed by atoms with Crippen molar-refractivity contribution in [1.82, 2.24) is 4.57 Å². The van der Waals surface area contributed by atoms with Crippen molar-refractivity contribution in [3.05, 3.63) is 75.8 Å². The number of rotatable bonds is 3. The van der Waals surface area contributed by atoms with Crippen LogP contribution < -0.4 is 10.1 Å². The summed E-state index contributed by atoms with van der Waals surface area (Å²) in [5.41, 5.74) is 1.56. The molecule has 0 saturated heterocycles. The van der Waals surface area contributed by atoms with Gasteiger partial charge >= 0.3 is 0 Å². The first-order valence-electron chi connectivity index (χ1n) is 8.63. The van der Waals surface area contributed by atoms with Crippen molar-refractivity contribution in [2.75, 3.05) is 11.1 Å². The maximum atomic E-state index is 13.9. The fourth-order valence-electron chi connectivity index (χ4n) is 2.82. The van der Waals surface area contributed by atoms with Crippen LogP contribution in [0.15, 0.2) is 63.9 Å². The molecule has 142 valence electrons. The van der Waals surface area contributed by atoms with Gasteiger partial charge in [0.15, 0.2) is 4.80 Å². The highest BCUT2D eigenvalue weighted by atomic mass is 32.2. The molecule has 8 heteroatoms. The second-order valence-corrected chi connectivity index (χ2v) is 8.19. The van der Waals surface area contributed by atoms with Gasteiger partial charge in [0.25, 0.3) is 5.91 Å². The molecule has 4 rings (SSSR count). The van der Waals surface area contributed by atoms with Gasteiger partial charge in [0, 0.05) is 39.8 Å². The van der Waals surface area contributed by atoms with E-state index < -0.39 is 5.91 Å². The van der Waals surface area contributed by atoms with E-state index in [1.807, 2.05) is 6.07 Å². The van der Waals surface area contributed by atoms with Crippen LogP contribution in [0.3, 0.4) is 0 Å². The van der Waals surface area contributed by atoms with Gasteiger partial charge in [-0.2, -0.15) is 4.99 Å². The number of amides is 2. The molecule has 0 bridgehead atoms. The van der Waals surface area contributed by atoms with E-state index in [9.17, 15) is 14.0 Å². The molecular formula is C20H16FN3O2S2. The number of thioether (sulfide) groups is 1. The Morgan fingerprint density at radius 2 is 2.11 bits per heavy atom. The molecule has 2 aromatic carbocycles. The second-order valence-electron chi connectivity index (χ2n) is 6.18. The first kappa shape index (κ1) is 18.6. The Kier molecular flexibility index (Phi) is 5.40. The Morgan fingerprint density at radius 1 is 1.25 bits per heavy atom. The van der Waals surface area contributed by atoms with Gasteiger partial charge in [-0.1, -0.05) is 18.2 Å². The summed E-state index contributed by atoms with van der Waals surface area (Å²) in [6, 6.07) is 11.7. The normalized spacial score (nSPS) is 14.3. The van der Waals surface area contributed by atoms with Crippen molar-refractivity contribution in [2.24, 2.45) is 4.99 Å². The smallest absolute Gasteiger partial charge is 0.279 e. The number of carbonyl (C=O) groups excluding carboxylic acids is 2. The van der Waals surface area contributed by atoms with Crippen LogP contribution in [0, 0.1) is 5.82 Å². The molecule has 1 N–H and O–H groups in total. The summed E-state index contributed by atoms with van der Waals surface area (Å²) in [5, 5.41) is 4.64. The monoisotopic (exact) mass is 413 g/mol. The van der Waals surface area contributed by atoms with E-state index in [-0.39, 0.29) is 11.7 Å². The van der Waals surface area contributed by atoms with Crippen LogP contribution >= 0.6 is 23.1 Å². The highest BCUT2D eigenvalue weighted by Gasteiger charge is 2.16. The third-order valence-corrected chi connectivity index (χ3v) is 6.11. The number of halogens is 1. The lowest BCUT2D eigenvalue weighted by Crippen LogP contribution is -2.17. The van der Waals surface area contributed by atoms with Gasteiger partial charge in [-0.3, -0.25) is 9.59 Å². The minimum absolute atomic E-state index is 0.0613. The summed E-state index contributed by atoms with van der Waals surface area (Å²) in [7, 11) is 0. The molecular weight excluding hydrogens is 397 g/mol. The molecule has 28 heavy (non-hydrogen) atoms. The van der Waals surface area contributed by atoms with Crippen LogP contribution in [0.5, 0.6) is 0 Å². The first-order chi connectivity index (χ1) is 13.6. The van der Waals surface area contributed by atoms with Gasteiger partial charge in [0.2, 0.25) is 5.91 Å². The molecule has 0 unspecified atom stereocenters. The van der Waals surface area contributed by atoms with E-state index in [0.717, 1.165) is 4.90 Å². The predicted octanol–water partition coefficient (Wildman–Crippen LogP) is 3.91. The lowest BCUT2D eigenvalue weighted by molar-refractivity contribution is -0.115. The average Bonchev–Trinajstić information content (AvgIpc) is 3.01. The van der Waals surface area contributed by atoms with Crippen LogP contribution in [0.4, 0.5) is 10.1 Å². The number of nitrogens with zero attached hydrogens (tertiary/aromatic N) is 2. The van der Waals surface area contributed by atoms with E-state index in [2.05, 4.69) is 10.3 Å². The summed E-state index contributed by atoms with van der Waals surface area (Å²) in [6.07, 6.45) is 2.22. The Balaban J connectivity index is 1.62. The quantitative estimate of drug-likeness (QED) is 0.708. The molecule has 1 aliphatic rings. The van der Waals surface area contributed by atoms with Crippen molar-refractivity contribution < 1.29 is 14.0 Å². The minimum Gasteiger partial charge on any atom is -0.325 e. The SMILES string of the molecule is O=C1CCSc2ccc(C(=O)N=c3sccn3Cc3ccccc3F)cc2N1. The largest absolute Gasteiger partial charge is 0.325 e. The first-order valence-corrected chi connectivity index (χ1v) is 10.5. The summed E-state index contributed by atoms with van der Waals surface area (Å²) in [6.45, 7) is 0.291. The standard InChI is InChI=1S/C20H16FN3O2S2/c21-15-4-2-1-3-14(15)12-24-8-10-28-20(24)23-19(26)13-5-6-17-16(11-13)22-18(25)7-9-27-17/h1-6,8,10-11H,7,9,12H2,(H,22,25). The fraction of sp³-hybridized carbons (Fsp3) is 0.150. The number of fused-ring (bicyclic) bond motifs is 1. The highest BCUT2D eigenvalue weighted by Crippen LogP contribution is 2.31. The number of aromatic nitrogens is 1. The molecule has 0 radical (unpaired) electrons. The molecule has 0 saturated carbocycles. The molecule has 0 fully saturated rings. The van der Waals surface area contributed by atoms with E-state index in [1.165, 1.54) is 17.4 Å². The molecule has 1 aliphatic heterocycles. The van der Waals surface area contributed by atoms with E-state index >= 15 is 0 Å².